The SMILES string of the molecule is COCC1(COC)C(=O)c2cccc3c(-c4ccccc4)c(C)cc1c23. The van der Waals surface area contributed by atoms with Gasteiger partial charge in [-0.05, 0) is 39.9 Å². The lowest BCUT2D eigenvalue weighted by Gasteiger charge is -2.28. The van der Waals surface area contributed by atoms with E-state index in [9.17, 15) is 4.79 Å². The molecule has 0 saturated carbocycles. The van der Waals surface area contributed by atoms with Crippen molar-refractivity contribution in [3.63, 3.8) is 0 Å². The quantitative estimate of drug-likeness (QED) is 0.680. The van der Waals surface area contributed by atoms with Crippen molar-refractivity contribution in [2.45, 2.75) is 12.3 Å². The van der Waals surface area contributed by atoms with Crippen molar-refractivity contribution >= 4 is 16.6 Å². The average Bonchev–Trinajstić information content (AvgIpc) is 2.87. The van der Waals surface area contributed by atoms with Crippen molar-refractivity contribution in [1.29, 1.82) is 0 Å². The number of aryl methyl sites for hydroxylation is 1. The average molecular weight is 346 g/mol. The summed E-state index contributed by atoms with van der Waals surface area (Å²) in [7, 11) is 3.27. The van der Waals surface area contributed by atoms with Gasteiger partial charge in [-0.15, -0.1) is 0 Å². The van der Waals surface area contributed by atoms with Gasteiger partial charge in [0.05, 0.1) is 13.2 Å². The van der Waals surface area contributed by atoms with E-state index in [1.54, 1.807) is 14.2 Å². The van der Waals surface area contributed by atoms with E-state index >= 15 is 0 Å². The van der Waals surface area contributed by atoms with Crippen molar-refractivity contribution in [3.8, 4) is 11.1 Å². The van der Waals surface area contributed by atoms with Crippen LogP contribution in [0.1, 0.15) is 21.5 Å². The molecule has 0 N–H and O–H groups in total. The number of hydrogen-bond acceptors (Lipinski definition) is 3. The maximum Gasteiger partial charge on any atom is 0.178 e. The first-order valence-corrected chi connectivity index (χ1v) is 8.79. The molecule has 0 fully saturated rings. The van der Waals surface area contributed by atoms with Crippen LogP contribution in [0.5, 0.6) is 0 Å². The van der Waals surface area contributed by atoms with Gasteiger partial charge in [-0.3, -0.25) is 4.79 Å². The highest BCUT2D eigenvalue weighted by molar-refractivity contribution is 6.22. The lowest BCUT2D eigenvalue weighted by Crippen LogP contribution is -2.41. The molecule has 26 heavy (non-hydrogen) atoms. The molecular formula is C23H22O3. The Hall–Kier alpha value is -2.49. The number of hydrogen-bond donors (Lipinski definition) is 0. The van der Waals surface area contributed by atoms with Gasteiger partial charge in [0.2, 0.25) is 0 Å². The van der Waals surface area contributed by atoms with Gasteiger partial charge in [-0.2, -0.15) is 0 Å². The minimum Gasteiger partial charge on any atom is -0.383 e. The van der Waals surface area contributed by atoms with Crippen LogP contribution in [0.15, 0.2) is 54.6 Å². The summed E-state index contributed by atoms with van der Waals surface area (Å²) in [5, 5.41) is 2.15. The van der Waals surface area contributed by atoms with E-state index in [1.165, 1.54) is 5.56 Å². The van der Waals surface area contributed by atoms with Crippen LogP contribution in [0, 0.1) is 6.92 Å². The maximum atomic E-state index is 13.4. The number of carbonyl (C=O) groups excluding carboxylic acids is 1. The number of ether oxygens (including phenoxy) is 2. The normalized spacial score (nSPS) is 15.0. The van der Waals surface area contributed by atoms with Gasteiger partial charge in [0, 0.05) is 19.8 Å². The summed E-state index contributed by atoms with van der Waals surface area (Å²) in [5.41, 5.74) is 4.52. The number of Topliss-reactive ketones (excluding diaryl/α,β-unsaturated/α-hetero) is 1. The second-order valence-electron chi connectivity index (χ2n) is 6.99. The van der Waals surface area contributed by atoms with E-state index in [4.69, 9.17) is 9.47 Å². The molecule has 4 rings (SSSR count). The Labute approximate surface area is 153 Å². The van der Waals surface area contributed by atoms with Gasteiger partial charge in [0.1, 0.15) is 5.41 Å². The summed E-state index contributed by atoms with van der Waals surface area (Å²) >= 11 is 0. The highest BCUT2D eigenvalue weighted by Crippen LogP contribution is 2.47. The number of carbonyl (C=O) groups is 1. The molecule has 3 nitrogen and oxygen atoms in total. The van der Waals surface area contributed by atoms with Crippen LogP contribution < -0.4 is 0 Å². The van der Waals surface area contributed by atoms with E-state index < -0.39 is 5.41 Å². The summed E-state index contributed by atoms with van der Waals surface area (Å²) in [6.45, 7) is 2.74. The Morgan fingerprint density at radius 2 is 1.62 bits per heavy atom. The molecule has 3 aromatic rings. The Morgan fingerprint density at radius 3 is 2.27 bits per heavy atom. The first kappa shape index (κ1) is 17.0. The van der Waals surface area contributed by atoms with E-state index in [0.717, 1.165) is 33.0 Å². The van der Waals surface area contributed by atoms with E-state index in [0.29, 0.717) is 13.2 Å². The van der Waals surface area contributed by atoms with Gasteiger partial charge >= 0.3 is 0 Å². The van der Waals surface area contributed by atoms with E-state index in [1.807, 2.05) is 30.3 Å². The molecule has 1 aliphatic carbocycles. The Balaban J connectivity index is 2.09. The molecule has 0 unspecified atom stereocenters. The van der Waals surface area contributed by atoms with Gasteiger partial charge in [0.25, 0.3) is 0 Å². The van der Waals surface area contributed by atoms with Crippen LogP contribution >= 0.6 is 0 Å². The summed E-state index contributed by atoms with van der Waals surface area (Å²) in [5.74, 6) is 0.0893. The zero-order valence-electron chi connectivity index (χ0n) is 15.3. The smallest absolute Gasteiger partial charge is 0.178 e. The molecule has 132 valence electrons. The second kappa shape index (κ2) is 6.35. The Bertz CT molecular complexity index is 983. The lowest BCUT2D eigenvalue weighted by atomic mass is 9.80. The topological polar surface area (TPSA) is 35.5 Å². The molecule has 0 atom stereocenters. The largest absolute Gasteiger partial charge is 0.383 e. The molecule has 0 bridgehead atoms. The first-order valence-electron chi connectivity index (χ1n) is 8.79. The minimum atomic E-state index is -0.772. The molecule has 3 aromatic carbocycles. The summed E-state index contributed by atoms with van der Waals surface area (Å²) in [6, 6.07) is 18.5. The van der Waals surface area contributed by atoms with Crippen molar-refractivity contribution in [2.75, 3.05) is 27.4 Å². The molecule has 0 aromatic heterocycles. The predicted molar refractivity (Wildman–Crippen MR) is 104 cm³/mol. The molecule has 1 aliphatic rings. The molecule has 3 heteroatoms. The Kier molecular flexibility index (Phi) is 4.14. The van der Waals surface area contributed by atoms with Gasteiger partial charge in [-0.1, -0.05) is 54.6 Å². The second-order valence-corrected chi connectivity index (χ2v) is 6.99. The number of ketones is 1. The van der Waals surface area contributed by atoms with Crippen molar-refractivity contribution in [2.24, 2.45) is 0 Å². The zero-order valence-corrected chi connectivity index (χ0v) is 15.3. The van der Waals surface area contributed by atoms with E-state index in [2.05, 4.69) is 31.2 Å². The first-order chi connectivity index (χ1) is 12.6. The van der Waals surface area contributed by atoms with Crippen LogP contribution in [-0.4, -0.2) is 33.2 Å². The molecular weight excluding hydrogens is 324 g/mol. The van der Waals surface area contributed by atoms with Crippen LogP contribution in [-0.2, 0) is 14.9 Å². The molecule has 0 amide bonds. The molecule has 0 aliphatic heterocycles. The number of benzene rings is 3. The fraction of sp³-hybridized carbons (Fsp3) is 0.261. The summed E-state index contributed by atoms with van der Waals surface area (Å²) in [4.78, 5) is 13.4. The van der Waals surface area contributed by atoms with Crippen molar-refractivity contribution in [3.05, 3.63) is 71.3 Å². The Morgan fingerprint density at radius 1 is 0.923 bits per heavy atom. The minimum absolute atomic E-state index is 0.0893. The number of methoxy groups -OCH3 is 2. The van der Waals surface area contributed by atoms with Gasteiger partial charge < -0.3 is 9.47 Å². The summed E-state index contributed by atoms with van der Waals surface area (Å²) < 4.78 is 10.9. The third-order valence-electron chi connectivity index (χ3n) is 5.40. The van der Waals surface area contributed by atoms with Gasteiger partial charge in [-0.25, -0.2) is 0 Å². The molecule has 0 radical (unpaired) electrons. The monoisotopic (exact) mass is 346 g/mol. The van der Waals surface area contributed by atoms with E-state index in [-0.39, 0.29) is 5.78 Å². The summed E-state index contributed by atoms with van der Waals surface area (Å²) in [6.07, 6.45) is 0. The number of rotatable bonds is 5. The fourth-order valence-corrected chi connectivity index (χ4v) is 4.38. The molecule has 0 saturated heterocycles. The van der Waals surface area contributed by atoms with Gasteiger partial charge in [0.15, 0.2) is 5.78 Å². The zero-order chi connectivity index (χ0) is 18.3. The standard InChI is InChI=1S/C23H22O3/c1-15-12-19-21-17(20(15)16-8-5-4-6-9-16)10-7-11-18(21)22(24)23(19,13-25-2)14-26-3/h4-12H,13-14H2,1-3H3. The maximum absolute atomic E-state index is 13.4. The van der Waals surface area contributed by atoms with Crippen LogP contribution in [0.2, 0.25) is 0 Å². The highest BCUT2D eigenvalue weighted by atomic mass is 16.5. The van der Waals surface area contributed by atoms with Crippen LogP contribution in [0.4, 0.5) is 0 Å². The van der Waals surface area contributed by atoms with Crippen molar-refractivity contribution < 1.29 is 14.3 Å². The third-order valence-corrected chi connectivity index (χ3v) is 5.40. The van der Waals surface area contributed by atoms with Crippen LogP contribution in [0.25, 0.3) is 21.9 Å². The molecule has 0 spiro atoms. The third kappa shape index (κ3) is 2.24. The predicted octanol–water partition coefficient (Wildman–Crippen LogP) is 4.54. The highest BCUT2D eigenvalue weighted by Gasteiger charge is 2.48. The van der Waals surface area contributed by atoms with Crippen LogP contribution in [0.3, 0.4) is 0 Å². The van der Waals surface area contributed by atoms with Crippen molar-refractivity contribution in [1.82, 2.24) is 0 Å². The lowest BCUT2D eigenvalue weighted by molar-refractivity contribution is 0.0482. The molecule has 0 heterocycles. The fourth-order valence-electron chi connectivity index (χ4n) is 4.38.